The Morgan fingerprint density at radius 2 is 1.83 bits per heavy atom. The number of rotatable bonds is 6. The zero-order valence-electron chi connectivity index (χ0n) is 19.0. The van der Waals surface area contributed by atoms with Crippen LogP contribution >= 0.6 is 0 Å². The fourth-order valence-electron chi connectivity index (χ4n) is 4.05. The highest BCUT2D eigenvalue weighted by molar-refractivity contribution is 6.31. The third kappa shape index (κ3) is 4.56. The second kappa shape index (κ2) is 9.30. The van der Waals surface area contributed by atoms with Crippen molar-refractivity contribution in [2.75, 3.05) is 0 Å². The van der Waals surface area contributed by atoms with Crippen LogP contribution in [0.2, 0.25) is 0 Å². The van der Waals surface area contributed by atoms with Crippen LogP contribution in [0.1, 0.15) is 22.5 Å². The van der Waals surface area contributed by atoms with E-state index >= 15 is 0 Å². The van der Waals surface area contributed by atoms with Crippen molar-refractivity contribution in [2.24, 2.45) is 0 Å². The first-order valence-electron chi connectivity index (χ1n) is 11.1. The molecule has 1 aromatic heterocycles. The number of carbonyl (C=O) groups excluding carboxylic acids is 3. The van der Waals surface area contributed by atoms with Gasteiger partial charge in [-0.1, -0.05) is 60.2 Å². The van der Waals surface area contributed by atoms with Gasteiger partial charge in [0.25, 0.3) is 11.8 Å². The van der Waals surface area contributed by atoms with E-state index in [9.17, 15) is 14.4 Å². The number of barbiturate groups is 1. The Balaban J connectivity index is 1.54. The maximum absolute atomic E-state index is 13.2. The Bertz CT molecular complexity index is 1470. The Kier molecular flexibility index (Phi) is 5.89. The van der Waals surface area contributed by atoms with Crippen molar-refractivity contribution in [1.82, 2.24) is 10.2 Å². The van der Waals surface area contributed by atoms with Gasteiger partial charge in [0, 0.05) is 5.56 Å². The molecule has 4 amide bonds. The number of imide groups is 2. The lowest BCUT2D eigenvalue weighted by molar-refractivity contribution is -0.130. The zero-order valence-corrected chi connectivity index (χ0v) is 19.0. The zero-order chi connectivity index (χ0) is 24.4. The van der Waals surface area contributed by atoms with Gasteiger partial charge in [0.1, 0.15) is 23.7 Å². The van der Waals surface area contributed by atoms with Gasteiger partial charge in [-0.05, 0) is 47.5 Å². The normalized spacial score (nSPS) is 15.1. The minimum atomic E-state index is -0.789. The number of nitrogens with zero attached hydrogens (tertiary/aromatic N) is 1. The van der Waals surface area contributed by atoms with Crippen LogP contribution in [-0.4, -0.2) is 22.7 Å². The molecule has 1 fully saturated rings. The first kappa shape index (κ1) is 22.2. The highest BCUT2D eigenvalue weighted by atomic mass is 16.5. The summed E-state index contributed by atoms with van der Waals surface area (Å²) in [4.78, 5) is 39.3. The topological polar surface area (TPSA) is 88.8 Å². The summed E-state index contributed by atoms with van der Waals surface area (Å²) < 4.78 is 11.4. The van der Waals surface area contributed by atoms with E-state index in [1.807, 2.05) is 67.6 Å². The van der Waals surface area contributed by atoms with Crippen molar-refractivity contribution in [3.05, 3.63) is 107 Å². The van der Waals surface area contributed by atoms with Gasteiger partial charge in [-0.2, -0.15) is 0 Å². The van der Waals surface area contributed by atoms with Crippen molar-refractivity contribution >= 4 is 34.7 Å². The molecule has 3 aromatic carbocycles. The van der Waals surface area contributed by atoms with Crippen LogP contribution in [-0.2, 0) is 22.7 Å². The third-order valence-electron chi connectivity index (χ3n) is 5.78. The average Bonchev–Trinajstić information content (AvgIpc) is 3.37. The average molecular weight is 466 g/mol. The summed E-state index contributed by atoms with van der Waals surface area (Å²) in [5, 5.41) is 3.99. The lowest BCUT2D eigenvalue weighted by Gasteiger charge is -2.25. The standard InChI is InChI=1S/C28H22N2O5/c1-18-6-4-7-19(14-18)17-35-25-12-11-20-8-2-3-10-22(20)23(25)15-24-26(31)29-28(33)30(27(24)32)16-21-9-5-13-34-21/h2-15H,16-17H2,1H3,(H,29,31,33). The van der Waals surface area contributed by atoms with Gasteiger partial charge in [-0.15, -0.1) is 0 Å². The summed E-state index contributed by atoms with van der Waals surface area (Å²) in [6, 6.07) is 21.9. The largest absolute Gasteiger partial charge is 0.488 e. The summed E-state index contributed by atoms with van der Waals surface area (Å²) in [6.07, 6.45) is 2.95. The SMILES string of the molecule is Cc1cccc(COc2ccc3ccccc3c2C=C2C(=O)NC(=O)N(Cc3ccco3)C2=O)c1. The number of urea groups is 1. The highest BCUT2D eigenvalue weighted by Gasteiger charge is 2.36. The minimum absolute atomic E-state index is 0.0888. The van der Waals surface area contributed by atoms with E-state index in [0.717, 1.165) is 26.8 Å². The van der Waals surface area contributed by atoms with Crippen molar-refractivity contribution in [2.45, 2.75) is 20.1 Å². The first-order chi connectivity index (χ1) is 17.0. The van der Waals surface area contributed by atoms with Gasteiger partial charge in [-0.3, -0.25) is 19.8 Å². The fraction of sp³-hybridized carbons (Fsp3) is 0.107. The molecule has 35 heavy (non-hydrogen) atoms. The molecule has 0 bridgehead atoms. The van der Waals surface area contributed by atoms with E-state index in [1.165, 1.54) is 12.3 Å². The number of hydrogen-bond donors (Lipinski definition) is 1. The highest BCUT2D eigenvalue weighted by Crippen LogP contribution is 2.32. The molecule has 0 aliphatic carbocycles. The number of nitrogens with one attached hydrogen (secondary N) is 1. The molecule has 7 nitrogen and oxygen atoms in total. The smallest absolute Gasteiger partial charge is 0.331 e. The molecule has 4 aromatic rings. The Morgan fingerprint density at radius 3 is 2.63 bits per heavy atom. The predicted molar refractivity (Wildman–Crippen MR) is 130 cm³/mol. The summed E-state index contributed by atoms with van der Waals surface area (Å²) >= 11 is 0. The van der Waals surface area contributed by atoms with Crippen LogP contribution in [0, 0.1) is 6.92 Å². The van der Waals surface area contributed by atoms with Crippen molar-refractivity contribution in [3.8, 4) is 5.75 Å². The maximum atomic E-state index is 13.2. The van der Waals surface area contributed by atoms with Crippen LogP contribution in [0.15, 0.2) is 89.0 Å². The molecular formula is C28H22N2O5. The van der Waals surface area contributed by atoms with E-state index in [-0.39, 0.29) is 12.1 Å². The molecule has 0 saturated carbocycles. The van der Waals surface area contributed by atoms with Gasteiger partial charge >= 0.3 is 6.03 Å². The monoisotopic (exact) mass is 466 g/mol. The maximum Gasteiger partial charge on any atom is 0.331 e. The number of furan rings is 1. The lowest BCUT2D eigenvalue weighted by Crippen LogP contribution is -2.53. The Hall–Kier alpha value is -4.65. The molecule has 174 valence electrons. The summed E-state index contributed by atoms with van der Waals surface area (Å²) in [5.41, 5.74) is 2.55. The van der Waals surface area contributed by atoms with Crippen LogP contribution in [0.25, 0.3) is 16.8 Å². The third-order valence-corrected chi connectivity index (χ3v) is 5.78. The second-order valence-corrected chi connectivity index (χ2v) is 8.26. The van der Waals surface area contributed by atoms with Crippen LogP contribution in [0.3, 0.4) is 0 Å². The van der Waals surface area contributed by atoms with Gasteiger partial charge in [0.15, 0.2) is 0 Å². The van der Waals surface area contributed by atoms with E-state index < -0.39 is 17.8 Å². The molecule has 0 unspecified atom stereocenters. The molecular weight excluding hydrogens is 444 g/mol. The van der Waals surface area contributed by atoms with Gasteiger partial charge in [0.05, 0.1) is 12.8 Å². The van der Waals surface area contributed by atoms with E-state index in [1.54, 1.807) is 12.1 Å². The van der Waals surface area contributed by atoms with Crippen LogP contribution < -0.4 is 10.1 Å². The molecule has 1 aliphatic rings. The minimum Gasteiger partial charge on any atom is -0.488 e. The number of ether oxygens (including phenoxy) is 1. The first-order valence-corrected chi connectivity index (χ1v) is 11.1. The number of carbonyl (C=O) groups is 3. The molecule has 0 spiro atoms. The second-order valence-electron chi connectivity index (χ2n) is 8.26. The summed E-state index contributed by atoms with van der Waals surface area (Å²) in [6.45, 7) is 2.24. The van der Waals surface area contributed by atoms with Gasteiger partial charge in [0.2, 0.25) is 0 Å². The van der Waals surface area contributed by atoms with E-state index in [4.69, 9.17) is 9.15 Å². The molecule has 1 N–H and O–H groups in total. The Labute approximate surface area is 201 Å². The molecule has 0 radical (unpaired) electrons. The summed E-state index contributed by atoms with van der Waals surface area (Å²) in [5.74, 6) is -0.511. The molecule has 1 aliphatic heterocycles. The van der Waals surface area contributed by atoms with Crippen molar-refractivity contribution in [1.29, 1.82) is 0 Å². The molecule has 0 atom stereocenters. The number of hydrogen-bond acceptors (Lipinski definition) is 5. The van der Waals surface area contributed by atoms with Crippen molar-refractivity contribution < 1.29 is 23.5 Å². The molecule has 2 heterocycles. The number of aryl methyl sites for hydroxylation is 1. The van der Waals surface area contributed by atoms with Gasteiger partial charge in [-0.25, -0.2) is 4.79 Å². The van der Waals surface area contributed by atoms with Crippen LogP contribution in [0.5, 0.6) is 5.75 Å². The predicted octanol–water partition coefficient (Wildman–Crippen LogP) is 4.98. The molecule has 7 heteroatoms. The molecule has 1 saturated heterocycles. The van der Waals surface area contributed by atoms with Crippen LogP contribution in [0.4, 0.5) is 4.79 Å². The quantitative estimate of drug-likeness (QED) is 0.320. The Morgan fingerprint density at radius 1 is 0.971 bits per heavy atom. The summed E-state index contributed by atoms with van der Waals surface area (Å²) in [7, 11) is 0. The van der Waals surface area contributed by atoms with E-state index in [0.29, 0.717) is 23.7 Å². The lowest BCUT2D eigenvalue weighted by atomic mass is 9.99. The molecule has 5 rings (SSSR count). The van der Waals surface area contributed by atoms with E-state index in [2.05, 4.69) is 5.32 Å². The number of fused-ring (bicyclic) bond motifs is 1. The number of benzene rings is 3. The number of amides is 4. The van der Waals surface area contributed by atoms with Crippen molar-refractivity contribution in [3.63, 3.8) is 0 Å². The fourth-order valence-corrected chi connectivity index (χ4v) is 4.05. The van der Waals surface area contributed by atoms with Gasteiger partial charge < -0.3 is 9.15 Å².